The highest BCUT2D eigenvalue weighted by atomic mass is 16.5. The first-order valence-corrected chi connectivity index (χ1v) is 25.3. The van der Waals surface area contributed by atoms with Crippen molar-refractivity contribution in [3.8, 4) is 34.5 Å². The standard InChI is InChI=1S/C58H70N2O4/c1-52-22-36-23-53(2,28-52)31-56(26-36,30-52)44-18-38(5-11-50(44)63-42-7-9-46(59)48(61)20-42)58(40-14-34-13-35(16-40)17-41(58)15-34)39-6-12-51(64-43-8-10-47(60)49(62)21-43)45(19-39)57-27-37-24-54(3,32-57)29-55(4,25-37)33-57/h5-12,18-21,34-37,40-41,61-62H,13-17,22-33,59-60H2,1-4H3. The van der Waals surface area contributed by atoms with Crippen LogP contribution >= 0.6 is 0 Å². The summed E-state index contributed by atoms with van der Waals surface area (Å²) >= 11 is 0. The predicted molar refractivity (Wildman–Crippen MR) is 254 cm³/mol. The normalized spacial score (nSPS) is 42.9. The number of rotatable bonds is 8. The van der Waals surface area contributed by atoms with Crippen molar-refractivity contribution in [1.82, 2.24) is 0 Å². The monoisotopic (exact) mass is 859 g/mol. The average molecular weight is 859 g/mol. The molecular weight excluding hydrogens is 789 g/mol. The molecule has 0 heterocycles. The maximum absolute atomic E-state index is 10.7. The van der Waals surface area contributed by atoms with E-state index >= 15 is 0 Å². The molecule has 4 aromatic carbocycles. The van der Waals surface area contributed by atoms with Gasteiger partial charge in [0.2, 0.25) is 0 Å². The molecule has 336 valence electrons. The van der Waals surface area contributed by atoms with Crippen LogP contribution in [0.2, 0.25) is 0 Å². The lowest BCUT2D eigenvalue weighted by atomic mass is 9.38. The molecule has 12 aliphatic rings. The Labute approximate surface area is 380 Å². The number of ether oxygens (including phenoxy) is 2. The maximum Gasteiger partial charge on any atom is 0.142 e. The molecule has 12 aliphatic carbocycles. The summed E-state index contributed by atoms with van der Waals surface area (Å²) in [5.41, 5.74) is 20.0. The fraction of sp³-hybridized carbons (Fsp3) is 0.586. The summed E-state index contributed by atoms with van der Waals surface area (Å²) in [6.07, 6.45) is 21.9. The Hall–Kier alpha value is -4.32. The summed E-state index contributed by atoms with van der Waals surface area (Å²) in [5.74, 6) is 7.57. The van der Waals surface area contributed by atoms with Crippen molar-refractivity contribution < 1.29 is 19.7 Å². The molecule has 64 heavy (non-hydrogen) atoms. The molecule has 6 N–H and O–H groups in total. The van der Waals surface area contributed by atoms with Gasteiger partial charge in [-0.25, -0.2) is 0 Å². The quantitative estimate of drug-likeness (QED) is 0.104. The van der Waals surface area contributed by atoms with E-state index in [2.05, 4.69) is 64.1 Å². The van der Waals surface area contributed by atoms with Gasteiger partial charge in [0.15, 0.2) is 0 Å². The minimum Gasteiger partial charge on any atom is -0.506 e. The number of nitrogens with two attached hydrogens (primary N) is 2. The minimum absolute atomic E-state index is 0.0365. The molecule has 12 fully saturated rings. The molecule has 6 nitrogen and oxygen atoms in total. The van der Waals surface area contributed by atoms with E-state index in [1.165, 1.54) is 131 Å². The fourth-order valence-corrected chi connectivity index (χ4v) is 20.5. The molecule has 4 unspecified atom stereocenters. The van der Waals surface area contributed by atoms with Crippen LogP contribution in [0.4, 0.5) is 11.4 Å². The van der Waals surface area contributed by atoms with Gasteiger partial charge in [-0.15, -0.1) is 0 Å². The van der Waals surface area contributed by atoms with Crippen molar-refractivity contribution in [2.75, 3.05) is 11.5 Å². The molecule has 12 bridgehead atoms. The molecule has 0 amide bonds. The maximum atomic E-state index is 10.7. The molecule has 0 spiro atoms. The Morgan fingerprint density at radius 2 is 0.844 bits per heavy atom. The van der Waals surface area contributed by atoms with Crippen LogP contribution < -0.4 is 20.9 Å². The van der Waals surface area contributed by atoms with E-state index in [-0.39, 0.29) is 27.7 Å². The van der Waals surface area contributed by atoms with Gasteiger partial charge in [-0.1, -0.05) is 52.0 Å². The summed E-state index contributed by atoms with van der Waals surface area (Å²) in [7, 11) is 0. The van der Waals surface area contributed by atoms with Gasteiger partial charge in [0, 0.05) is 39.5 Å². The van der Waals surface area contributed by atoms with Gasteiger partial charge in [-0.2, -0.15) is 0 Å². The van der Waals surface area contributed by atoms with Crippen LogP contribution in [0.25, 0.3) is 0 Å². The van der Waals surface area contributed by atoms with Gasteiger partial charge in [0.05, 0.1) is 11.4 Å². The second-order valence-electron chi connectivity index (χ2n) is 26.1. The van der Waals surface area contributed by atoms with Gasteiger partial charge in [0.1, 0.15) is 34.5 Å². The van der Waals surface area contributed by atoms with Crippen LogP contribution in [0.5, 0.6) is 34.5 Å². The zero-order chi connectivity index (χ0) is 43.8. The first-order valence-electron chi connectivity index (χ1n) is 25.3. The molecule has 4 aromatic rings. The summed E-state index contributed by atoms with van der Waals surface area (Å²) in [6, 6.07) is 25.8. The van der Waals surface area contributed by atoms with Crippen LogP contribution in [-0.2, 0) is 16.2 Å². The van der Waals surface area contributed by atoms with Gasteiger partial charge in [-0.05, 0) is 214 Å². The van der Waals surface area contributed by atoms with E-state index in [4.69, 9.17) is 20.9 Å². The lowest BCUT2D eigenvalue weighted by Gasteiger charge is -2.66. The first-order chi connectivity index (χ1) is 30.4. The van der Waals surface area contributed by atoms with Crippen molar-refractivity contribution in [3.63, 3.8) is 0 Å². The van der Waals surface area contributed by atoms with Crippen LogP contribution in [-0.4, -0.2) is 10.2 Å². The van der Waals surface area contributed by atoms with E-state index < -0.39 is 0 Å². The van der Waals surface area contributed by atoms with Crippen molar-refractivity contribution >= 4 is 11.4 Å². The van der Waals surface area contributed by atoms with Crippen LogP contribution in [0.1, 0.15) is 159 Å². The molecule has 12 saturated carbocycles. The molecule has 4 atom stereocenters. The second-order valence-corrected chi connectivity index (χ2v) is 26.1. The third-order valence-corrected chi connectivity index (χ3v) is 20.2. The first kappa shape index (κ1) is 40.0. The van der Waals surface area contributed by atoms with Gasteiger partial charge >= 0.3 is 0 Å². The van der Waals surface area contributed by atoms with Crippen molar-refractivity contribution in [3.05, 3.63) is 95.1 Å². The van der Waals surface area contributed by atoms with Crippen molar-refractivity contribution in [2.45, 2.75) is 153 Å². The van der Waals surface area contributed by atoms with Crippen molar-refractivity contribution in [2.24, 2.45) is 57.2 Å². The lowest BCUT2D eigenvalue weighted by Crippen LogP contribution is -2.58. The van der Waals surface area contributed by atoms with E-state index in [0.29, 0.717) is 56.4 Å². The Morgan fingerprint density at radius 1 is 0.453 bits per heavy atom. The van der Waals surface area contributed by atoms with Gasteiger partial charge in [0.25, 0.3) is 0 Å². The topological polar surface area (TPSA) is 111 Å². The number of anilines is 2. The number of hydrogen-bond acceptors (Lipinski definition) is 6. The second kappa shape index (κ2) is 13.0. The Bertz CT molecular complexity index is 2390. The predicted octanol–water partition coefficient (Wildman–Crippen LogP) is 14.1. The Kier molecular flexibility index (Phi) is 8.11. The van der Waals surface area contributed by atoms with Gasteiger partial charge < -0.3 is 31.2 Å². The van der Waals surface area contributed by atoms with Gasteiger partial charge in [-0.3, -0.25) is 0 Å². The number of aromatic hydroxyl groups is 2. The van der Waals surface area contributed by atoms with Crippen LogP contribution in [0, 0.1) is 57.2 Å². The highest BCUT2D eigenvalue weighted by Gasteiger charge is 2.64. The highest BCUT2D eigenvalue weighted by molar-refractivity contribution is 5.59. The molecule has 16 rings (SSSR count). The smallest absolute Gasteiger partial charge is 0.142 e. The summed E-state index contributed by atoms with van der Waals surface area (Å²) in [4.78, 5) is 0. The third-order valence-electron chi connectivity index (χ3n) is 20.2. The van der Waals surface area contributed by atoms with Crippen LogP contribution in [0.15, 0.2) is 72.8 Å². The van der Waals surface area contributed by atoms with Crippen LogP contribution in [0.3, 0.4) is 0 Å². The molecule has 0 radical (unpaired) electrons. The molecular formula is C58H70N2O4. The SMILES string of the molecule is CC12CC3CC(C)(C1)CC(c1cc(C4(c5ccc(Oc6ccc(N)c(O)c6)c(C67CC8CC(C)(CC(C)(C8)C6)C7)c5)C5CC6CC(C5)CC4C6)ccc1Oc1ccc(N)c(O)c1)(C3)C2. The zero-order valence-electron chi connectivity index (χ0n) is 38.8. The number of phenols is 2. The highest BCUT2D eigenvalue weighted by Crippen LogP contribution is 2.74. The number of benzene rings is 4. The number of phenolic OH excluding ortho intramolecular Hbond substituents is 2. The minimum atomic E-state index is -0.126. The largest absolute Gasteiger partial charge is 0.506 e. The lowest BCUT2D eigenvalue weighted by molar-refractivity contribution is -0.110. The Balaban J connectivity index is 1.02. The number of hydrogen-bond donors (Lipinski definition) is 4. The van der Waals surface area contributed by atoms with E-state index in [1.807, 2.05) is 12.1 Å². The molecule has 6 heteroatoms. The van der Waals surface area contributed by atoms with E-state index in [1.54, 1.807) is 24.3 Å². The Morgan fingerprint density at radius 3 is 1.20 bits per heavy atom. The molecule has 0 saturated heterocycles. The third kappa shape index (κ3) is 5.87. The zero-order valence-corrected chi connectivity index (χ0v) is 38.8. The molecule has 0 aromatic heterocycles. The summed E-state index contributed by atoms with van der Waals surface area (Å²) in [6.45, 7) is 10.4. The van der Waals surface area contributed by atoms with E-state index in [9.17, 15) is 10.2 Å². The number of nitrogen functional groups attached to an aromatic ring is 2. The van der Waals surface area contributed by atoms with Crippen molar-refractivity contribution in [1.29, 1.82) is 0 Å². The van der Waals surface area contributed by atoms with E-state index in [0.717, 1.165) is 35.2 Å². The molecule has 0 aliphatic heterocycles. The average Bonchev–Trinajstić information content (AvgIpc) is 3.18. The summed E-state index contributed by atoms with van der Waals surface area (Å²) < 4.78 is 14.0. The summed E-state index contributed by atoms with van der Waals surface area (Å²) in [5, 5.41) is 21.5. The fourth-order valence-electron chi connectivity index (χ4n) is 20.5.